The van der Waals surface area contributed by atoms with Gasteiger partial charge in [0, 0.05) is 12.5 Å². The predicted octanol–water partition coefficient (Wildman–Crippen LogP) is 6.22. The van der Waals surface area contributed by atoms with Crippen molar-refractivity contribution in [1.29, 1.82) is 0 Å². The molecule has 0 aliphatic carbocycles. The molecular formula is C27H31NO5S. The molecule has 1 aliphatic rings. The van der Waals surface area contributed by atoms with Crippen molar-refractivity contribution in [3.63, 3.8) is 0 Å². The standard InChI is InChI=1S/C27H31NO5S/c1-18-12-13-21(24(15-27(29)30)23-9-5-4-8-19(23)2)14-22(18)17-28-16-20(3)33-25-10-6-7-11-26(25)34(28,31)32/h4-14,20,24,31-32H,15-17H2,1-3H3,(H,29,30). The minimum Gasteiger partial charge on any atom is -0.487 e. The number of para-hydroxylation sites is 1. The Balaban J connectivity index is 1.72. The lowest BCUT2D eigenvalue weighted by atomic mass is 9.85. The fourth-order valence-electron chi connectivity index (χ4n) is 4.54. The van der Waals surface area contributed by atoms with E-state index >= 15 is 0 Å². The summed E-state index contributed by atoms with van der Waals surface area (Å²) >= 11 is 0. The molecule has 2 unspecified atom stereocenters. The zero-order valence-electron chi connectivity index (χ0n) is 19.6. The van der Waals surface area contributed by atoms with Crippen molar-refractivity contribution >= 4 is 16.7 Å². The average Bonchev–Trinajstić information content (AvgIpc) is 2.88. The molecule has 0 saturated carbocycles. The van der Waals surface area contributed by atoms with Gasteiger partial charge in [0.05, 0.1) is 13.0 Å². The monoisotopic (exact) mass is 481 g/mol. The molecule has 0 bridgehead atoms. The van der Waals surface area contributed by atoms with Crippen LogP contribution in [0.15, 0.2) is 71.6 Å². The maximum Gasteiger partial charge on any atom is 0.304 e. The van der Waals surface area contributed by atoms with E-state index in [1.54, 1.807) is 22.5 Å². The number of benzene rings is 3. The smallest absolute Gasteiger partial charge is 0.304 e. The highest BCUT2D eigenvalue weighted by atomic mass is 32.3. The topological polar surface area (TPSA) is 90.2 Å². The van der Waals surface area contributed by atoms with Gasteiger partial charge in [-0.3, -0.25) is 13.9 Å². The summed E-state index contributed by atoms with van der Waals surface area (Å²) in [6.07, 6.45) is -0.255. The first kappa shape index (κ1) is 24.3. The zero-order chi connectivity index (χ0) is 24.5. The highest BCUT2D eigenvalue weighted by Crippen LogP contribution is 2.57. The van der Waals surface area contributed by atoms with Crippen LogP contribution in [0.5, 0.6) is 5.75 Å². The summed E-state index contributed by atoms with van der Waals surface area (Å²) in [4.78, 5) is 12.1. The number of carboxylic acids is 1. The van der Waals surface area contributed by atoms with Gasteiger partial charge in [-0.25, -0.2) is 0 Å². The SMILES string of the molecule is Cc1ccc(C(CC(=O)O)c2ccccc2C)cc1CN1CC(C)Oc2ccccc2S1(O)O. The Bertz CT molecular complexity index is 1200. The third kappa shape index (κ3) is 4.98. The number of hydrogen-bond donors (Lipinski definition) is 3. The fourth-order valence-corrected chi connectivity index (χ4v) is 6.20. The molecule has 3 N–H and O–H groups in total. The molecule has 7 heteroatoms. The third-order valence-corrected chi connectivity index (χ3v) is 8.28. The average molecular weight is 482 g/mol. The summed E-state index contributed by atoms with van der Waals surface area (Å²) in [6, 6.07) is 20.8. The van der Waals surface area contributed by atoms with E-state index in [1.165, 1.54) is 0 Å². The Kier molecular flexibility index (Phi) is 7.00. The highest BCUT2D eigenvalue weighted by molar-refractivity contribution is 8.22. The molecule has 0 radical (unpaired) electrons. The van der Waals surface area contributed by atoms with E-state index < -0.39 is 16.7 Å². The minimum atomic E-state index is -3.26. The summed E-state index contributed by atoms with van der Waals surface area (Å²) in [6.45, 7) is 6.53. The summed E-state index contributed by atoms with van der Waals surface area (Å²) in [5.41, 5.74) is 4.85. The maximum atomic E-state index is 11.7. The van der Waals surface area contributed by atoms with Crippen LogP contribution in [0.3, 0.4) is 0 Å². The lowest BCUT2D eigenvalue weighted by Crippen LogP contribution is -2.33. The van der Waals surface area contributed by atoms with Crippen LogP contribution in [0.25, 0.3) is 0 Å². The number of carbonyl (C=O) groups is 1. The Morgan fingerprint density at radius 3 is 2.50 bits per heavy atom. The van der Waals surface area contributed by atoms with Crippen molar-refractivity contribution in [2.75, 3.05) is 6.54 Å². The number of rotatable bonds is 6. The molecule has 0 spiro atoms. The Hall–Kier alpha value is -2.84. The number of nitrogens with zero attached hydrogens (tertiary/aromatic N) is 1. The third-order valence-electron chi connectivity index (χ3n) is 6.36. The van der Waals surface area contributed by atoms with E-state index in [0.29, 0.717) is 23.7 Å². The molecule has 180 valence electrons. The number of aryl methyl sites for hydroxylation is 2. The number of fused-ring (bicyclic) bond motifs is 1. The molecule has 34 heavy (non-hydrogen) atoms. The molecule has 4 rings (SSSR count). The van der Waals surface area contributed by atoms with Gasteiger partial charge in [0.15, 0.2) is 0 Å². The summed E-state index contributed by atoms with van der Waals surface area (Å²) in [5.74, 6) is -0.672. The molecule has 1 aliphatic heterocycles. The second kappa shape index (κ2) is 9.80. The summed E-state index contributed by atoms with van der Waals surface area (Å²) in [7, 11) is -3.26. The quantitative estimate of drug-likeness (QED) is 0.387. The first-order chi connectivity index (χ1) is 16.2. The van der Waals surface area contributed by atoms with Gasteiger partial charge in [0.2, 0.25) is 0 Å². The second-order valence-corrected chi connectivity index (χ2v) is 10.9. The zero-order valence-corrected chi connectivity index (χ0v) is 20.5. The fraction of sp³-hybridized carbons (Fsp3) is 0.296. The van der Waals surface area contributed by atoms with Crippen LogP contribution in [0.2, 0.25) is 0 Å². The van der Waals surface area contributed by atoms with E-state index in [4.69, 9.17) is 4.74 Å². The van der Waals surface area contributed by atoms with E-state index in [0.717, 1.165) is 27.8 Å². The number of hydrogen-bond acceptors (Lipinski definition) is 5. The minimum absolute atomic E-state index is 0.0233. The van der Waals surface area contributed by atoms with Gasteiger partial charge in [-0.05, 0) is 60.7 Å². The molecule has 3 aromatic rings. The van der Waals surface area contributed by atoms with Crippen LogP contribution in [-0.4, -0.2) is 37.1 Å². The molecular weight excluding hydrogens is 450 g/mol. The number of ether oxygens (including phenoxy) is 1. The first-order valence-electron chi connectivity index (χ1n) is 11.3. The van der Waals surface area contributed by atoms with Crippen LogP contribution >= 0.6 is 10.8 Å². The van der Waals surface area contributed by atoms with E-state index in [1.807, 2.05) is 69.3 Å². The van der Waals surface area contributed by atoms with Crippen molar-refractivity contribution in [2.24, 2.45) is 0 Å². The van der Waals surface area contributed by atoms with E-state index in [9.17, 15) is 19.0 Å². The van der Waals surface area contributed by atoms with Crippen molar-refractivity contribution in [1.82, 2.24) is 4.31 Å². The van der Waals surface area contributed by atoms with Crippen LogP contribution < -0.4 is 4.74 Å². The number of carboxylic acid groups (broad SMARTS) is 1. The van der Waals surface area contributed by atoms with Gasteiger partial charge >= 0.3 is 5.97 Å². The van der Waals surface area contributed by atoms with Gasteiger partial charge in [-0.15, -0.1) is 10.8 Å². The van der Waals surface area contributed by atoms with Crippen molar-refractivity contribution in [2.45, 2.75) is 50.7 Å². The van der Waals surface area contributed by atoms with Gasteiger partial charge in [0.25, 0.3) is 0 Å². The molecule has 2 atom stereocenters. The lowest BCUT2D eigenvalue weighted by Gasteiger charge is -2.42. The van der Waals surface area contributed by atoms with Crippen LogP contribution in [0.4, 0.5) is 0 Å². The Labute approximate surface area is 202 Å². The number of aliphatic carboxylic acids is 1. The van der Waals surface area contributed by atoms with Gasteiger partial charge in [-0.1, -0.05) is 54.6 Å². The molecule has 6 nitrogen and oxygen atoms in total. The van der Waals surface area contributed by atoms with Crippen molar-refractivity contribution < 1.29 is 23.7 Å². The maximum absolute atomic E-state index is 11.7. The normalized spacial score (nSPS) is 19.4. The second-order valence-electron chi connectivity index (χ2n) is 8.91. The first-order valence-corrected chi connectivity index (χ1v) is 12.8. The van der Waals surface area contributed by atoms with Gasteiger partial charge in [-0.2, -0.15) is 4.31 Å². The molecule has 0 saturated heterocycles. The van der Waals surface area contributed by atoms with E-state index in [-0.39, 0.29) is 18.4 Å². The predicted molar refractivity (Wildman–Crippen MR) is 135 cm³/mol. The largest absolute Gasteiger partial charge is 0.487 e. The Morgan fingerprint density at radius 1 is 1.06 bits per heavy atom. The van der Waals surface area contributed by atoms with Gasteiger partial charge < -0.3 is 9.84 Å². The molecule has 0 aromatic heterocycles. The van der Waals surface area contributed by atoms with Crippen LogP contribution in [0, 0.1) is 13.8 Å². The molecule has 0 fully saturated rings. The van der Waals surface area contributed by atoms with Crippen molar-refractivity contribution in [3.8, 4) is 5.75 Å². The van der Waals surface area contributed by atoms with Gasteiger partial charge in [0.1, 0.15) is 16.7 Å². The van der Waals surface area contributed by atoms with Crippen LogP contribution in [-0.2, 0) is 11.3 Å². The molecule has 3 aromatic carbocycles. The lowest BCUT2D eigenvalue weighted by molar-refractivity contribution is -0.137. The highest BCUT2D eigenvalue weighted by Gasteiger charge is 2.34. The summed E-state index contributed by atoms with van der Waals surface area (Å²) < 4.78 is 30.1. The van der Waals surface area contributed by atoms with Crippen molar-refractivity contribution in [3.05, 3.63) is 94.5 Å². The van der Waals surface area contributed by atoms with Crippen LogP contribution in [0.1, 0.15) is 47.1 Å². The summed E-state index contributed by atoms with van der Waals surface area (Å²) in [5, 5.41) is 9.62. The molecule has 1 heterocycles. The van der Waals surface area contributed by atoms with E-state index in [2.05, 4.69) is 0 Å². The Morgan fingerprint density at radius 2 is 1.76 bits per heavy atom. The molecule has 0 amide bonds.